The van der Waals surface area contributed by atoms with Crippen LogP contribution in [-0.4, -0.2) is 22.0 Å². The van der Waals surface area contributed by atoms with Crippen LogP contribution in [0.25, 0.3) is 0 Å². The van der Waals surface area contributed by atoms with Gasteiger partial charge in [-0.2, -0.15) is 0 Å². The number of aromatic nitrogens is 1. The van der Waals surface area contributed by atoms with Gasteiger partial charge in [-0.25, -0.2) is 4.98 Å². The number of nitrogens with zero attached hydrogens (tertiary/aromatic N) is 1. The van der Waals surface area contributed by atoms with Crippen LogP contribution in [0.4, 0.5) is 5.82 Å². The van der Waals surface area contributed by atoms with Crippen LogP contribution in [0.3, 0.4) is 0 Å². The SMILES string of the molecule is CC(=O)Nc1ccc(CC(=O)O)cn1.Cl. The molecule has 1 heterocycles. The Kier molecular flexibility index (Phi) is 5.33. The highest BCUT2D eigenvalue weighted by Gasteiger charge is 2.01. The largest absolute Gasteiger partial charge is 0.481 e. The van der Waals surface area contributed by atoms with Gasteiger partial charge in [-0.05, 0) is 11.6 Å². The van der Waals surface area contributed by atoms with E-state index in [4.69, 9.17) is 5.11 Å². The second kappa shape index (κ2) is 5.98. The fourth-order valence-electron chi connectivity index (χ4n) is 0.958. The number of amides is 1. The van der Waals surface area contributed by atoms with Gasteiger partial charge in [0.25, 0.3) is 0 Å². The number of carbonyl (C=O) groups excluding carboxylic acids is 1. The van der Waals surface area contributed by atoms with E-state index in [-0.39, 0.29) is 24.7 Å². The van der Waals surface area contributed by atoms with Gasteiger partial charge < -0.3 is 10.4 Å². The van der Waals surface area contributed by atoms with E-state index in [9.17, 15) is 9.59 Å². The lowest BCUT2D eigenvalue weighted by Crippen LogP contribution is -2.08. The van der Waals surface area contributed by atoms with Crippen molar-refractivity contribution in [3.8, 4) is 0 Å². The van der Waals surface area contributed by atoms with Crippen LogP contribution in [0.2, 0.25) is 0 Å². The molecule has 15 heavy (non-hydrogen) atoms. The van der Waals surface area contributed by atoms with Crippen LogP contribution in [0.5, 0.6) is 0 Å². The quantitative estimate of drug-likeness (QED) is 0.815. The fraction of sp³-hybridized carbons (Fsp3) is 0.222. The minimum absolute atomic E-state index is 0. The molecule has 0 atom stereocenters. The zero-order valence-electron chi connectivity index (χ0n) is 8.06. The van der Waals surface area contributed by atoms with E-state index in [1.165, 1.54) is 13.1 Å². The molecule has 0 saturated heterocycles. The van der Waals surface area contributed by atoms with Gasteiger partial charge in [0.15, 0.2) is 0 Å². The van der Waals surface area contributed by atoms with Crippen molar-refractivity contribution < 1.29 is 14.7 Å². The van der Waals surface area contributed by atoms with Gasteiger partial charge in [-0.1, -0.05) is 6.07 Å². The number of carboxylic acids is 1. The minimum atomic E-state index is -0.904. The first-order valence-corrected chi connectivity index (χ1v) is 4.02. The topological polar surface area (TPSA) is 79.3 Å². The summed E-state index contributed by atoms with van der Waals surface area (Å²) in [7, 11) is 0. The molecule has 0 aromatic carbocycles. The normalized spacial score (nSPS) is 8.87. The summed E-state index contributed by atoms with van der Waals surface area (Å²) in [5.74, 6) is -0.686. The van der Waals surface area contributed by atoms with Gasteiger partial charge in [-0.3, -0.25) is 9.59 Å². The number of rotatable bonds is 3. The van der Waals surface area contributed by atoms with Crippen molar-refractivity contribution in [2.75, 3.05) is 5.32 Å². The molecule has 1 aromatic heterocycles. The van der Waals surface area contributed by atoms with Crippen molar-refractivity contribution in [2.24, 2.45) is 0 Å². The molecule has 0 aliphatic heterocycles. The number of anilines is 1. The molecule has 0 unspecified atom stereocenters. The second-order valence-corrected chi connectivity index (χ2v) is 2.80. The average molecular weight is 231 g/mol. The minimum Gasteiger partial charge on any atom is -0.481 e. The Morgan fingerprint density at radius 3 is 2.53 bits per heavy atom. The van der Waals surface area contributed by atoms with Crippen LogP contribution in [0, 0.1) is 0 Å². The summed E-state index contributed by atoms with van der Waals surface area (Å²) in [6, 6.07) is 3.19. The van der Waals surface area contributed by atoms with Crippen molar-refractivity contribution in [3.63, 3.8) is 0 Å². The summed E-state index contributed by atoms with van der Waals surface area (Å²) in [6.45, 7) is 1.38. The highest BCUT2D eigenvalue weighted by molar-refractivity contribution is 5.87. The first-order chi connectivity index (χ1) is 6.58. The van der Waals surface area contributed by atoms with E-state index in [1.54, 1.807) is 12.1 Å². The standard InChI is InChI=1S/C9H10N2O3.ClH/c1-6(12)11-8-3-2-7(5-10-8)4-9(13)14;/h2-3,5H,4H2,1H3,(H,13,14)(H,10,11,12);1H. The Morgan fingerprint density at radius 2 is 2.13 bits per heavy atom. The maximum absolute atomic E-state index is 10.6. The third-order valence-corrected chi connectivity index (χ3v) is 1.48. The molecule has 1 amide bonds. The molecular formula is C9H11ClN2O3. The zero-order valence-corrected chi connectivity index (χ0v) is 8.87. The summed E-state index contributed by atoms with van der Waals surface area (Å²) in [5.41, 5.74) is 0.603. The van der Waals surface area contributed by atoms with Gasteiger partial charge in [0.05, 0.1) is 6.42 Å². The fourth-order valence-corrected chi connectivity index (χ4v) is 0.958. The van der Waals surface area contributed by atoms with E-state index in [1.807, 2.05) is 0 Å². The van der Waals surface area contributed by atoms with Gasteiger partial charge >= 0.3 is 5.97 Å². The van der Waals surface area contributed by atoms with Crippen molar-refractivity contribution in [3.05, 3.63) is 23.9 Å². The molecule has 0 aliphatic carbocycles. The van der Waals surface area contributed by atoms with Crippen molar-refractivity contribution in [2.45, 2.75) is 13.3 Å². The zero-order chi connectivity index (χ0) is 10.6. The second-order valence-electron chi connectivity index (χ2n) is 2.80. The Hall–Kier alpha value is -1.62. The lowest BCUT2D eigenvalue weighted by Gasteiger charge is -2.01. The van der Waals surface area contributed by atoms with Crippen LogP contribution >= 0.6 is 12.4 Å². The average Bonchev–Trinajstić information content (AvgIpc) is 2.06. The van der Waals surface area contributed by atoms with E-state index in [0.29, 0.717) is 11.4 Å². The molecular weight excluding hydrogens is 220 g/mol. The van der Waals surface area contributed by atoms with Crippen LogP contribution < -0.4 is 5.32 Å². The van der Waals surface area contributed by atoms with Crippen LogP contribution in [0.15, 0.2) is 18.3 Å². The van der Waals surface area contributed by atoms with Gasteiger partial charge in [0.2, 0.25) is 5.91 Å². The Balaban J connectivity index is 0.00000196. The van der Waals surface area contributed by atoms with Crippen LogP contribution in [0.1, 0.15) is 12.5 Å². The molecule has 1 aromatic rings. The highest BCUT2D eigenvalue weighted by atomic mass is 35.5. The van der Waals surface area contributed by atoms with E-state index >= 15 is 0 Å². The monoisotopic (exact) mass is 230 g/mol. The van der Waals surface area contributed by atoms with Gasteiger partial charge in [-0.15, -0.1) is 12.4 Å². The number of hydrogen-bond donors (Lipinski definition) is 2. The molecule has 1 rings (SSSR count). The maximum atomic E-state index is 10.6. The lowest BCUT2D eigenvalue weighted by atomic mass is 10.2. The first-order valence-electron chi connectivity index (χ1n) is 4.02. The van der Waals surface area contributed by atoms with Gasteiger partial charge in [0.1, 0.15) is 5.82 Å². The van der Waals surface area contributed by atoms with Crippen molar-refractivity contribution >= 4 is 30.1 Å². The van der Waals surface area contributed by atoms with E-state index in [0.717, 1.165) is 0 Å². The Morgan fingerprint density at radius 1 is 1.47 bits per heavy atom. The Labute approximate surface area is 92.9 Å². The Bertz CT molecular complexity index is 316. The summed E-state index contributed by atoms with van der Waals surface area (Å²) in [6.07, 6.45) is 1.37. The molecule has 0 aliphatic rings. The number of aliphatic carboxylic acids is 1. The maximum Gasteiger partial charge on any atom is 0.307 e. The summed E-state index contributed by atoms with van der Waals surface area (Å²) < 4.78 is 0. The molecule has 0 fully saturated rings. The third kappa shape index (κ3) is 4.97. The van der Waals surface area contributed by atoms with E-state index < -0.39 is 5.97 Å². The number of nitrogens with one attached hydrogen (secondary N) is 1. The van der Waals surface area contributed by atoms with E-state index in [2.05, 4.69) is 10.3 Å². The molecule has 82 valence electrons. The molecule has 0 spiro atoms. The smallest absolute Gasteiger partial charge is 0.307 e. The molecule has 2 N–H and O–H groups in total. The summed E-state index contributed by atoms with van der Waals surface area (Å²) in [4.78, 5) is 24.8. The molecule has 0 saturated carbocycles. The number of hydrogen-bond acceptors (Lipinski definition) is 3. The van der Waals surface area contributed by atoms with Crippen LogP contribution in [-0.2, 0) is 16.0 Å². The van der Waals surface area contributed by atoms with Gasteiger partial charge in [0, 0.05) is 13.1 Å². The predicted molar refractivity (Wildman–Crippen MR) is 57.1 cm³/mol. The summed E-state index contributed by atoms with van der Waals surface area (Å²) in [5, 5.41) is 11.0. The highest BCUT2D eigenvalue weighted by Crippen LogP contribution is 2.05. The lowest BCUT2D eigenvalue weighted by molar-refractivity contribution is -0.136. The summed E-state index contributed by atoms with van der Waals surface area (Å²) >= 11 is 0. The number of pyridine rings is 1. The van der Waals surface area contributed by atoms with Crippen molar-refractivity contribution in [1.82, 2.24) is 4.98 Å². The number of carbonyl (C=O) groups is 2. The third-order valence-electron chi connectivity index (χ3n) is 1.48. The molecule has 0 radical (unpaired) electrons. The molecule has 0 bridgehead atoms. The number of halogens is 1. The number of carboxylic acid groups (broad SMARTS) is 1. The first kappa shape index (κ1) is 13.4. The predicted octanol–water partition coefficient (Wildman–Crippen LogP) is 1.09. The van der Waals surface area contributed by atoms with Crippen molar-refractivity contribution in [1.29, 1.82) is 0 Å². The molecule has 6 heteroatoms. The molecule has 5 nitrogen and oxygen atoms in total.